The minimum atomic E-state index is -3.69. The summed E-state index contributed by atoms with van der Waals surface area (Å²) in [6, 6.07) is 15.9. The third-order valence-electron chi connectivity index (χ3n) is 6.81. The summed E-state index contributed by atoms with van der Waals surface area (Å²) in [5.74, 6) is -0.228. The fraction of sp³-hybridized carbons (Fsp3) is 0.385. The first kappa shape index (κ1) is 24.9. The van der Waals surface area contributed by atoms with Crippen molar-refractivity contribution in [2.24, 2.45) is 0 Å². The average molecular weight is 498 g/mol. The largest absolute Gasteiger partial charge is 0.445 e. The zero-order valence-electron chi connectivity index (χ0n) is 19.6. The molecule has 1 atom stereocenters. The number of hydrogen-bond donors (Lipinski definition) is 2. The van der Waals surface area contributed by atoms with Crippen molar-refractivity contribution in [2.75, 3.05) is 6.54 Å². The predicted molar refractivity (Wildman–Crippen MR) is 132 cm³/mol. The molecule has 4 rings (SSSR count). The molecule has 9 heteroatoms. The molecule has 8 nitrogen and oxygen atoms in total. The second-order valence-corrected chi connectivity index (χ2v) is 11.0. The van der Waals surface area contributed by atoms with E-state index in [4.69, 9.17) is 4.74 Å². The molecule has 0 radical (unpaired) electrons. The number of rotatable bonds is 8. The molecule has 35 heavy (non-hydrogen) atoms. The molecule has 2 aliphatic rings. The molecule has 2 amide bonds. The van der Waals surface area contributed by atoms with Gasteiger partial charge in [0.15, 0.2) is 0 Å². The molecule has 1 spiro atoms. The number of ether oxygens (including phenoxy) is 1. The molecule has 0 bridgehead atoms. The smallest absolute Gasteiger partial charge is 0.407 e. The molecular weight excluding hydrogens is 466 g/mol. The Morgan fingerprint density at radius 2 is 1.80 bits per heavy atom. The molecule has 2 aromatic carbocycles. The van der Waals surface area contributed by atoms with E-state index >= 15 is 0 Å². The van der Waals surface area contributed by atoms with E-state index in [1.165, 1.54) is 6.08 Å². The van der Waals surface area contributed by atoms with Gasteiger partial charge in [-0.2, -0.15) is 4.31 Å². The van der Waals surface area contributed by atoms with Crippen LogP contribution in [0, 0.1) is 0 Å². The lowest BCUT2D eigenvalue weighted by atomic mass is 9.70. The number of hydrogen-bond acceptors (Lipinski definition) is 5. The van der Waals surface area contributed by atoms with E-state index in [2.05, 4.69) is 17.2 Å². The first-order chi connectivity index (χ1) is 16.8. The Kier molecular flexibility index (Phi) is 7.57. The predicted octanol–water partition coefficient (Wildman–Crippen LogP) is 3.49. The maximum absolute atomic E-state index is 13.5. The van der Waals surface area contributed by atoms with Gasteiger partial charge in [-0.15, -0.1) is 0 Å². The van der Waals surface area contributed by atoms with E-state index in [-0.39, 0.29) is 30.0 Å². The van der Waals surface area contributed by atoms with E-state index in [0.717, 1.165) is 30.4 Å². The molecule has 2 fully saturated rings. The second kappa shape index (κ2) is 10.6. The summed E-state index contributed by atoms with van der Waals surface area (Å²) in [4.78, 5) is 23.9. The Morgan fingerprint density at radius 3 is 2.43 bits per heavy atom. The van der Waals surface area contributed by atoms with E-state index in [0.29, 0.717) is 19.4 Å². The number of benzene rings is 2. The number of carbonyl (C=O) groups is 2. The minimum Gasteiger partial charge on any atom is -0.445 e. The van der Waals surface area contributed by atoms with Crippen molar-refractivity contribution in [1.29, 1.82) is 0 Å². The van der Waals surface area contributed by atoms with Crippen LogP contribution in [0.25, 0.3) is 0 Å². The lowest BCUT2D eigenvalue weighted by molar-refractivity contribution is -0.117. The molecule has 1 aliphatic carbocycles. The molecule has 186 valence electrons. The van der Waals surface area contributed by atoms with Gasteiger partial charge in [-0.05, 0) is 61.4 Å². The number of nitrogens with zero attached hydrogens (tertiary/aromatic N) is 1. The summed E-state index contributed by atoms with van der Waals surface area (Å²) in [6.07, 6.45) is 4.44. The molecule has 2 aromatic rings. The van der Waals surface area contributed by atoms with Gasteiger partial charge in [0.2, 0.25) is 15.9 Å². The van der Waals surface area contributed by atoms with E-state index < -0.39 is 21.7 Å². The van der Waals surface area contributed by atoms with Crippen molar-refractivity contribution in [2.45, 2.75) is 61.7 Å². The van der Waals surface area contributed by atoms with Crippen molar-refractivity contribution in [3.63, 3.8) is 0 Å². The third kappa shape index (κ3) is 5.74. The summed E-state index contributed by atoms with van der Waals surface area (Å²) >= 11 is 0. The van der Waals surface area contributed by atoms with Crippen LogP contribution in [0.15, 0.2) is 72.1 Å². The molecule has 0 aromatic heterocycles. The van der Waals surface area contributed by atoms with E-state index in [1.54, 1.807) is 28.6 Å². The highest BCUT2D eigenvalue weighted by Gasteiger charge is 2.51. The molecule has 1 aliphatic heterocycles. The summed E-state index contributed by atoms with van der Waals surface area (Å²) in [6.45, 7) is 4.26. The standard InChI is InChI=1S/C26H31N3O5S/c1-2-24(30)28-22-13-16-29(26(17-22)14-6-15-26)35(32,33)23-11-9-20(10-12-23)18-27-25(31)34-19-21-7-4-3-5-8-21/h2-5,7-12,22H,1,6,13-19H2,(H,27,31)(H,28,30). The lowest BCUT2D eigenvalue weighted by Gasteiger charge is -2.54. The Balaban J connectivity index is 1.35. The van der Waals surface area contributed by atoms with Crippen LogP contribution >= 0.6 is 0 Å². The molecule has 1 saturated heterocycles. The van der Waals surface area contributed by atoms with Crippen molar-refractivity contribution < 1.29 is 22.7 Å². The number of carbonyl (C=O) groups excluding carboxylic acids is 2. The highest BCUT2D eigenvalue weighted by molar-refractivity contribution is 7.89. The number of amides is 2. The topological polar surface area (TPSA) is 105 Å². The van der Waals surface area contributed by atoms with Gasteiger partial charge in [0.25, 0.3) is 0 Å². The van der Waals surface area contributed by atoms with E-state index in [1.807, 2.05) is 30.3 Å². The van der Waals surface area contributed by atoms with Crippen molar-refractivity contribution in [3.05, 3.63) is 78.4 Å². The van der Waals surface area contributed by atoms with Gasteiger partial charge < -0.3 is 15.4 Å². The normalized spacial score (nSPS) is 19.4. The SMILES string of the molecule is C=CC(=O)NC1CCN(S(=O)(=O)c2ccc(CNC(=O)OCc3ccccc3)cc2)C2(CCC2)C1. The zero-order valence-corrected chi connectivity index (χ0v) is 20.4. The number of piperidine rings is 1. The molecular formula is C26H31N3O5S. The quantitative estimate of drug-likeness (QED) is 0.543. The fourth-order valence-electron chi connectivity index (χ4n) is 4.82. The number of sulfonamides is 1. The maximum atomic E-state index is 13.5. The lowest BCUT2D eigenvalue weighted by Crippen LogP contribution is -2.63. The van der Waals surface area contributed by atoms with Crippen LogP contribution in [0.1, 0.15) is 43.2 Å². The summed E-state index contributed by atoms with van der Waals surface area (Å²) in [7, 11) is -3.69. The zero-order chi connectivity index (χ0) is 24.9. The third-order valence-corrected chi connectivity index (χ3v) is 8.83. The van der Waals surface area contributed by atoms with E-state index in [9.17, 15) is 18.0 Å². The highest BCUT2D eigenvalue weighted by Crippen LogP contribution is 2.46. The Bertz CT molecular complexity index is 1160. The summed E-state index contributed by atoms with van der Waals surface area (Å²) in [5, 5.41) is 5.61. The van der Waals surface area contributed by atoms with Crippen molar-refractivity contribution in [1.82, 2.24) is 14.9 Å². The van der Waals surface area contributed by atoms with Crippen molar-refractivity contribution in [3.8, 4) is 0 Å². The minimum absolute atomic E-state index is 0.0534. The van der Waals surface area contributed by atoms with Crippen LogP contribution in [-0.4, -0.2) is 42.8 Å². The molecule has 1 saturated carbocycles. The van der Waals surface area contributed by atoms with Crippen LogP contribution in [0.3, 0.4) is 0 Å². The van der Waals surface area contributed by atoms with Gasteiger partial charge in [-0.1, -0.05) is 49.0 Å². The Hall–Kier alpha value is -3.17. The number of nitrogens with one attached hydrogen (secondary N) is 2. The first-order valence-electron chi connectivity index (χ1n) is 11.8. The van der Waals surface area contributed by atoms with Crippen LogP contribution in [-0.2, 0) is 32.7 Å². The first-order valence-corrected chi connectivity index (χ1v) is 13.3. The second-order valence-electron chi connectivity index (χ2n) is 9.12. The van der Waals surface area contributed by atoms with Gasteiger partial charge in [-0.25, -0.2) is 13.2 Å². The van der Waals surface area contributed by atoms with Crippen LogP contribution < -0.4 is 10.6 Å². The fourth-order valence-corrected chi connectivity index (χ4v) is 6.67. The summed E-state index contributed by atoms with van der Waals surface area (Å²) in [5.41, 5.74) is 1.22. The molecule has 2 N–H and O–H groups in total. The van der Waals surface area contributed by atoms with Gasteiger partial charge in [0.1, 0.15) is 6.61 Å². The Labute approximate surface area is 206 Å². The van der Waals surface area contributed by atoms with Gasteiger partial charge in [0, 0.05) is 24.7 Å². The molecule has 1 heterocycles. The van der Waals surface area contributed by atoms with Crippen molar-refractivity contribution >= 4 is 22.0 Å². The Morgan fingerprint density at radius 1 is 1.09 bits per heavy atom. The maximum Gasteiger partial charge on any atom is 0.407 e. The van der Waals surface area contributed by atoms with Gasteiger partial charge in [0.05, 0.1) is 4.90 Å². The summed E-state index contributed by atoms with van der Waals surface area (Å²) < 4.78 is 33.9. The molecule has 1 unspecified atom stereocenters. The highest BCUT2D eigenvalue weighted by atomic mass is 32.2. The van der Waals surface area contributed by atoms with Crippen LogP contribution in [0.2, 0.25) is 0 Å². The number of alkyl carbamates (subject to hydrolysis) is 1. The van der Waals surface area contributed by atoms with Crippen LogP contribution in [0.4, 0.5) is 4.79 Å². The average Bonchev–Trinajstić information content (AvgIpc) is 2.85. The van der Waals surface area contributed by atoms with Gasteiger partial charge >= 0.3 is 6.09 Å². The monoisotopic (exact) mass is 497 g/mol. The van der Waals surface area contributed by atoms with Crippen LogP contribution in [0.5, 0.6) is 0 Å². The van der Waals surface area contributed by atoms with Gasteiger partial charge in [-0.3, -0.25) is 4.79 Å².